The topological polar surface area (TPSA) is 28.2 Å². The molecule has 1 aliphatic heterocycles. The normalized spacial score (nSPS) is 14.0. The Kier molecular flexibility index (Phi) is 3.06. The van der Waals surface area contributed by atoms with Crippen LogP contribution in [0.3, 0.4) is 0 Å². The number of nitrogens with zero attached hydrogens (tertiary/aromatic N) is 2. The lowest BCUT2D eigenvalue weighted by Gasteiger charge is -2.12. The van der Waals surface area contributed by atoms with Gasteiger partial charge in [0.2, 0.25) is 0 Å². The molecular formula is C14H17N3S. The first-order chi connectivity index (χ1) is 8.78. The van der Waals surface area contributed by atoms with Crippen molar-refractivity contribution in [3.05, 3.63) is 46.0 Å². The van der Waals surface area contributed by atoms with Gasteiger partial charge in [0, 0.05) is 24.5 Å². The Bertz CT molecular complexity index is 537. The van der Waals surface area contributed by atoms with Gasteiger partial charge in [-0.3, -0.25) is 0 Å². The second kappa shape index (κ2) is 4.71. The van der Waals surface area contributed by atoms with Crippen LogP contribution in [0, 0.1) is 6.92 Å². The zero-order chi connectivity index (χ0) is 12.5. The minimum atomic E-state index is 0.907. The van der Waals surface area contributed by atoms with Crippen LogP contribution in [0.25, 0.3) is 0 Å². The molecule has 3 rings (SSSR count). The first-order valence-corrected chi connectivity index (χ1v) is 7.02. The van der Waals surface area contributed by atoms with Crippen molar-refractivity contribution in [2.45, 2.75) is 26.6 Å². The summed E-state index contributed by atoms with van der Waals surface area (Å²) >= 11 is 1.80. The fourth-order valence-electron chi connectivity index (χ4n) is 2.34. The van der Waals surface area contributed by atoms with Gasteiger partial charge >= 0.3 is 0 Å². The van der Waals surface area contributed by atoms with Gasteiger partial charge < -0.3 is 10.2 Å². The van der Waals surface area contributed by atoms with Gasteiger partial charge in [-0.15, -0.1) is 11.3 Å². The van der Waals surface area contributed by atoms with Crippen LogP contribution in [-0.2, 0) is 19.6 Å². The molecule has 0 saturated heterocycles. The highest BCUT2D eigenvalue weighted by atomic mass is 32.1. The fraction of sp³-hybridized carbons (Fsp3) is 0.357. The average molecular weight is 259 g/mol. The van der Waals surface area contributed by atoms with E-state index >= 15 is 0 Å². The molecule has 3 nitrogen and oxygen atoms in total. The van der Waals surface area contributed by atoms with Crippen molar-refractivity contribution < 1.29 is 0 Å². The highest BCUT2D eigenvalue weighted by Gasteiger charge is 2.21. The van der Waals surface area contributed by atoms with E-state index < -0.39 is 0 Å². The summed E-state index contributed by atoms with van der Waals surface area (Å²) in [6, 6.07) is 8.65. The minimum absolute atomic E-state index is 0.907. The maximum atomic E-state index is 4.70. The van der Waals surface area contributed by atoms with Crippen LogP contribution in [0.5, 0.6) is 0 Å². The molecule has 1 aromatic carbocycles. The minimum Gasteiger partial charge on any atom is -0.339 e. The quantitative estimate of drug-likeness (QED) is 0.918. The standard InChI is InChI=1S/C14H17N3S/c1-10-13(7-15-2)18-14(16-10)17-8-11-5-3-4-6-12(11)9-17/h3-6,15H,7-9H2,1-2H3. The molecule has 0 saturated carbocycles. The van der Waals surface area contributed by atoms with Crippen LogP contribution in [0.4, 0.5) is 5.13 Å². The first-order valence-electron chi connectivity index (χ1n) is 6.20. The van der Waals surface area contributed by atoms with Crippen LogP contribution < -0.4 is 10.2 Å². The molecule has 0 fully saturated rings. The summed E-state index contributed by atoms with van der Waals surface area (Å²) in [7, 11) is 1.98. The molecule has 0 unspecified atom stereocenters. The summed E-state index contributed by atoms with van der Waals surface area (Å²) in [6.07, 6.45) is 0. The molecule has 2 aromatic rings. The summed E-state index contributed by atoms with van der Waals surface area (Å²) in [4.78, 5) is 8.40. The maximum Gasteiger partial charge on any atom is 0.186 e. The summed E-state index contributed by atoms with van der Waals surface area (Å²) in [6.45, 7) is 4.98. The van der Waals surface area contributed by atoms with Crippen molar-refractivity contribution >= 4 is 16.5 Å². The van der Waals surface area contributed by atoms with Gasteiger partial charge in [-0.2, -0.15) is 0 Å². The molecule has 1 aromatic heterocycles. The van der Waals surface area contributed by atoms with Crippen LogP contribution in [0.1, 0.15) is 21.7 Å². The third-order valence-corrected chi connectivity index (χ3v) is 4.55. The van der Waals surface area contributed by atoms with Crippen molar-refractivity contribution in [1.29, 1.82) is 0 Å². The van der Waals surface area contributed by atoms with Crippen molar-refractivity contribution in [3.8, 4) is 0 Å². The Labute approximate surface area is 111 Å². The highest BCUT2D eigenvalue weighted by molar-refractivity contribution is 7.15. The summed E-state index contributed by atoms with van der Waals surface area (Å²) in [5.74, 6) is 0. The van der Waals surface area contributed by atoms with Gasteiger partial charge in [0.25, 0.3) is 0 Å². The summed E-state index contributed by atoms with van der Waals surface area (Å²) < 4.78 is 0. The number of hydrogen-bond donors (Lipinski definition) is 1. The highest BCUT2D eigenvalue weighted by Crippen LogP contribution is 2.32. The lowest BCUT2D eigenvalue weighted by atomic mass is 10.1. The van der Waals surface area contributed by atoms with E-state index in [2.05, 4.69) is 41.4 Å². The van der Waals surface area contributed by atoms with E-state index in [-0.39, 0.29) is 0 Å². The number of thiazole rings is 1. The van der Waals surface area contributed by atoms with Crippen LogP contribution in [-0.4, -0.2) is 12.0 Å². The number of fused-ring (bicyclic) bond motifs is 1. The molecule has 18 heavy (non-hydrogen) atoms. The van der Waals surface area contributed by atoms with E-state index in [1.54, 1.807) is 11.3 Å². The van der Waals surface area contributed by atoms with Crippen molar-refractivity contribution in [1.82, 2.24) is 10.3 Å². The first kappa shape index (κ1) is 11.7. The number of hydrogen-bond acceptors (Lipinski definition) is 4. The summed E-state index contributed by atoms with van der Waals surface area (Å²) in [5.41, 5.74) is 4.02. The molecule has 0 amide bonds. The molecule has 94 valence electrons. The Morgan fingerprint density at radius 3 is 2.56 bits per heavy atom. The Morgan fingerprint density at radius 2 is 1.94 bits per heavy atom. The molecule has 0 spiro atoms. The van der Waals surface area contributed by atoms with Crippen LogP contribution >= 0.6 is 11.3 Å². The van der Waals surface area contributed by atoms with Crippen molar-refractivity contribution in [2.24, 2.45) is 0 Å². The van der Waals surface area contributed by atoms with Gasteiger partial charge in [-0.1, -0.05) is 24.3 Å². The zero-order valence-electron chi connectivity index (χ0n) is 10.7. The van der Waals surface area contributed by atoms with Gasteiger partial charge in [0.1, 0.15) is 0 Å². The molecule has 0 radical (unpaired) electrons. The third-order valence-electron chi connectivity index (χ3n) is 3.33. The number of anilines is 1. The predicted molar refractivity (Wildman–Crippen MR) is 75.9 cm³/mol. The van der Waals surface area contributed by atoms with Crippen LogP contribution in [0.2, 0.25) is 0 Å². The number of nitrogens with one attached hydrogen (secondary N) is 1. The van der Waals surface area contributed by atoms with Gasteiger partial charge in [-0.25, -0.2) is 4.98 Å². The molecule has 1 N–H and O–H groups in total. The Morgan fingerprint density at radius 1 is 1.28 bits per heavy atom. The molecule has 0 aliphatic carbocycles. The monoisotopic (exact) mass is 259 g/mol. The Balaban J connectivity index is 1.84. The second-order valence-corrected chi connectivity index (χ2v) is 5.72. The lowest BCUT2D eigenvalue weighted by Crippen LogP contribution is -2.13. The SMILES string of the molecule is CNCc1sc(N2Cc3ccccc3C2)nc1C. The van der Waals surface area contributed by atoms with Gasteiger partial charge in [0.15, 0.2) is 5.13 Å². The van der Waals surface area contributed by atoms with Gasteiger partial charge in [0.05, 0.1) is 5.69 Å². The molecule has 0 bridgehead atoms. The number of benzene rings is 1. The van der Waals surface area contributed by atoms with E-state index in [0.29, 0.717) is 0 Å². The largest absolute Gasteiger partial charge is 0.339 e. The summed E-state index contributed by atoms with van der Waals surface area (Å²) in [5, 5.41) is 4.34. The second-order valence-electron chi connectivity index (χ2n) is 4.66. The number of aromatic nitrogens is 1. The Hall–Kier alpha value is -1.39. The zero-order valence-corrected chi connectivity index (χ0v) is 11.5. The lowest BCUT2D eigenvalue weighted by molar-refractivity contribution is 0.821. The van der Waals surface area contributed by atoms with E-state index in [1.165, 1.54) is 16.0 Å². The molecule has 0 atom stereocenters. The number of aryl methyl sites for hydroxylation is 1. The molecular weight excluding hydrogens is 242 g/mol. The van der Waals surface area contributed by atoms with Crippen molar-refractivity contribution in [2.75, 3.05) is 11.9 Å². The molecule has 2 heterocycles. The maximum absolute atomic E-state index is 4.70. The average Bonchev–Trinajstić information content (AvgIpc) is 2.94. The van der Waals surface area contributed by atoms with Crippen LogP contribution in [0.15, 0.2) is 24.3 Å². The van der Waals surface area contributed by atoms with E-state index in [4.69, 9.17) is 4.98 Å². The van der Waals surface area contributed by atoms with Gasteiger partial charge in [-0.05, 0) is 25.1 Å². The number of rotatable bonds is 3. The van der Waals surface area contributed by atoms with E-state index in [9.17, 15) is 0 Å². The van der Waals surface area contributed by atoms with E-state index in [0.717, 1.165) is 30.5 Å². The molecule has 4 heteroatoms. The molecule has 1 aliphatic rings. The predicted octanol–water partition coefficient (Wildman–Crippen LogP) is 2.69. The third kappa shape index (κ3) is 2.02. The van der Waals surface area contributed by atoms with E-state index in [1.807, 2.05) is 7.05 Å². The fourth-order valence-corrected chi connectivity index (χ4v) is 3.41. The smallest absolute Gasteiger partial charge is 0.186 e. The van der Waals surface area contributed by atoms with Crippen molar-refractivity contribution in [3.63, 3.8) is 0 Å².